The summed E-state index contributed by atoms with van der Waals surface area (Å²) in [4.78, 5) is 0. The van der Waals surface area contributed by atoms with Gasteiger partial charge in [0.1, 0.15) is 0 Å². The standard InChI is InChI=1S/C18H22O8S/c1-22-14-8-7-12(9-15(14)26-27(19,20)21)5-6-13-10-16(23-2)18(25-4)17(11-13)24-3/h7-11H,5-6H2,1-4H3,(H,19,20,21). The monoisotopic (exact) mass is 398 g/mol. The van der Waals surface area contributed by atoms with Gasteiger partial charge < -0.3 is 23.1 Å². The number of benzene rings is 2. The third-order valence-corrected chi connectivity index (χ3v) is 4.24. The Hall–Kier alpha value is -2.65. The molecule has 0 atom stereocenters. The van der Waals surface area contributed by atoms with Crippen molar-refractivity contribution in [3.8, 4) is 28.7 Å². The molecule has 148 valence electrons. The number of methoxy groups -OCH3 is 4. The van der Waals surface area contributed by atoms with Gasteiger partial charge in [0.15, 0.2) is 23.0 Å². The molecular weight excluding hydrogens is 376 g/mol. The molecule has 0 spiro atoms. The van der Waals surface area contributed by atoms with Gasteiger partial charge in [0.05, 0.1) is 28.4 Å². The summed E-state index contributed by atoms with van der Waals surface area (Å²) in [7, 11) is 1.36. The first-order valence-corrected chi connectivity index (χ1v) is 9.30. The predicted octanol–water partition coefficient (Wildman–Crippen LogP) is 2.69. The third kappa shape index (κ3) is 5.41. The molecule has 0 aliphatic carbocycles. The lowest BCUT2D eigenvalue weighted by Crippen LogP contribution is -2.08. The van der Waals surface area contributed by atoms with E-state index >= 15 is 0 Å². The van der Waals surface area contributed by atoms with Crippen molar-refractivity contribution in [2.45, 2.75) is 12.8 Å². The Morgan fingerprint density at radius 2 is 1.26 bits per heavy atom. The van der Waals surface area contributed by atoms with Crippen molar-refractivity contribution >= 4 is 10.4 Å². The fraction of sp³-hybridized carbons (Fsp3) is 0.333. The quantitative estimate of drug-likeness (QED) is 0.644. The molecule has 0 amide bonds. The normalized spacial score (nSPS) is 11.0. The van der Waals surface area contributed by atoms with E-state index in [0.29, 0.717) is 30.1 Å². The lowest BCUT2D eigenvalue weighted by atomic mass is 10.0. The fourth-order valence-corrected chi connectivity index (χ4v) is 2.98. The van der Waals surface area contributed by atoms with Gasteiger partial charge in [0.2, 0.25) is 5.75 Å². The Bertz CT molecular complexity index is 867. The number of rotatable bonds is 9. The maximum absolute atomic E-state index is 11.0. The van der Waals surface area contributed by atoms with Gasteiger partial charge >= 0.3 is 10.4 Å². The molecule has 0 radical (unpaired) electrons. The Kier molecular flexibility index (Phi) is 6.75. The summed E-state index contributed by atoms with van der Waals surface area (Å²) in [5.41, 5.74) is 1.74. The van der Waals surface area contributed by atoms with Gasteiger partial charge in [-0.25, -0.2) is 0 Å². The summed E-state index contributed by atoms with van der Waals surface area (Å²) in [6.45, 7) is 0. The molecule has 0 aromatic heterocycles. The highest BCUT2D eigenvalue weighted by molar-refractivity contribution is 7.81. The highest BCUT2D eigenvalue weighted by Crippen LogP contribution is 2.38. The highest BCUT2D eigenvalue weighted by Gasteiger charge is 2.15. The zero-order valence-corrected chi connectivity index (χ0v) is 16.3. The molecule has 2 rings (SSSR count). The first kappa shape index (κ1) is 20.7. The van der Waals surface area contributed by atoms with E-state index in [-0.39, 0.29) is 11.5 Å². The maximum atomic E-state index is 11.0. The highest BCUT2D eigenvalue weighted by atomic mass is 32.3. The Morgan fingerprint density at radius 3 is 1.74 bits per heavy atom. The van der Waals surface area contributed by atoms with Crippen molar-refractivity contribution < 1.29 is 36.1 Å². The molecule has 1 N–H and O–H groups in total. The predicted molar refractivity (Wildman–Crippen MR) is 98.7 cm³/mol. The van der Waals surface area contributed by atoms with Crippen LogP contribution in [0.2, 0.25) is 0 Å². The summed E-state index contributed by atoms with van der Waals surface area (Å²) >= 11 is 0. The summed E-state index contributed by atoms with van der Waals surface area (Å²) in [6, 6.07) is 8.56. The lowest BCUT2D eigenvalue weighted by Gasteiger charge is -2.14. The van der Waals surface area contributed by atoms with Crippen LogP contribution in [-0.4, -0.2) is 41.4 Å². The number of hydrogen-bond acceptors (Lipinski definition) is 7. The largest absolute Gasteiger partial charge is 0.493 e. The fourth-order valence-electron chi connectivity index (χ4n) is 2.62. The van der Waals surface area contributed by atoms with Crippen molar-refractivity contribution in [3.63, 3.8) is 0 Å². The Labute approximate surface area is 158 Å². The van der Waals surface area contributed by atoms with Crippen LogP contribution in [0, 0.1) is 0 Å². The Balaban J connectivity index is 2.25. The van der Waals surface area contributed by atoms with Crippen LogP contribution in [0.1, 0.15) is 11.1 Å². The summed E-state index contributed by atoms with van der Waals surface area (Å²) in [5.74, 6) is 1.73. The molecule has 27 heavy (non-hydrogen) atoms. The summed E-state index contributed by atoms with van der Waals surface area (Å²) in [6.07, 6.45) is 1.19. The molecular formula is C18H22O8S. The average molecular weight is 398 g/mol. The van der Waals surface area contributed by atoms with E-state index in [1.54, 1.807) is 26.4 Å². The van der Waals surface area contributed by atoms with Crippen LogP contribution in [-0.2, 0) is 23.2 Å². The van der Waals surface area contributed by atoms with Crippen molar-refractivity contribution in [1.29, 1.82) is 0 Å². The van der Waals surface area contributed by atoms with E-state index < -0.39 is 10.4 Å². The number of ether oxygens (including phenoxy) is 4. The molecule has 2 aromatic rings. The molecule has 0 heterocycles. The van der Waals surface area contributed by atoms with Crippen molar-refractivity contribution in [2.24, 2.45) is 0 Å². The van der Waals surface area contributed by atoms with Crippen LogP contribution < -0.4 is 23.1 Å². The molecule has 0 aliphatic heterocycles. The van der Waals surface area contributed by atoms with Crippen LogP contribution in [0.15, 0.2) is 30.3 Å². The molecule has 2 aromatic carbocycles. The van der Waals surface area contributed by atoms with E-state index in [0.717, 1.165) is 11.1 Å². The van der Waals surface area contributed by atoms with Crippen LogP contribution >= 0.6 is 0 Å². The smallest absolute Gasteiger partial charge is 0.446 e. The molecule has 0 fully saturated rings. The molecule has 0 saturated heterocycles. The van der Waals surface area contributed by atoms with Crippen LogP contribution in [0.4, 0.5) is 0 Å². The van der Waals surface area contributed by atoms with Gasteiger partial charge in [-0.3, -0.25) is 4.55 Å². The van der Waals surface area contributed by atoms with Crippen molar-refractivity contribution in [1.82, 2.24) is 0 Å². The van der Waals surface area contributed by atoms with Gasteiger partial charge in [0.25, 0.3) is 0 Å². The van der Waals surface area contributed by atoms with Crippen LogP contribution in [0.3, 0.4) is 0 Å². The van der Waals surface area contributed by atoms with Gasteiger partial charge in [-0.05, 0) is 48.2 Å². The van der Waals surface area contributed by atoms with Gasteiger partial charge in [-0.1, -0.05) is 6.07 Å². The molecule has 8 nitrogen and oxygen atoms in total. The van der Waals surface area contributed by atoms with Gasteiger partial charge in [-0.2, -0.15) is 8.42 Å². The minimum atomic E-state index is -4.65. The minimum Gasteiger partial charge on any atom is -0.493 e. The van der Waals surface area contributed by atoms with E-state index in [9.17, 15) is 8.42 Å². The second-order valence-corrected chi connectivity index (χ2v) is 6.55. The first-order chi connectivity index (χ1) is 12.8. The third-order valence-electron chi connectivity index (χ3n) is 3.85. The molecule has 9 heteroatoms. The SMILES string of the molecule is COc1ccc(CCc2cc(OC)c(OC)c(OC)c2)cc1OS(=O)(=O)O. The summed E-state index contributed by atoms with van der Waals surface area (Å²) in [5, 5.41) is 0. The first-order valence-electron chi connectivity index (χ1n) is 7.94. The lowest BCUT2D eigenvalue weighted by molar-refractivity contribution is 0.324. The zero-order chi connectivity index (χ0) is 20.0. The molecule has 0 unspecified atom stereocenters. The van der Waals surface area contributed by atoms with Gasteiger partial charge in [0, 0.05) is 0 Å². The number of aryl methyl sites for hydroxylation is 2. The number of hydrogen-bond donors (Lipinski definition) is 1. The zero-order valence-electron chi connectivity index (χ0n) is 15.5. The average Bonchev–Trinajstić information content (AvgIpc) is 2.64. The summed E-state index contributed by atoms with van der Waals surface area (Å²) < 4.78 is 56.5. The van der Waals surface area contributed by atoms with Crippen LogP contribution in [0.5, 0.6) is 28.7 Å². The molecule has 0 aliphatic rings. The molecule has 0 saturated carbocycles. The molecule has 0 bridgehead atoms. The van der Waals surface area contributed by atoms with Crippen LogP contribution in [0.25, 0.3) is 0 Å². The van der Waals surface area contributed by atoms with E-state index in [4.69, 9.17) is 23.5 Å². The topological polar surface area (TPSA) is 101 Å². The van der Waals surface area contributed by atoms with E-state index in [2.05, 4.69) is 4.18 Å². The second kappa shape index (κ2) is 8.83. The van der Waals surface area contributed by atoms with Crippen molar-refractivity contribution in [2.75, 3.05) is 28.4 Å². The maximum Gasteiger partial charge on any atom is 0.446 e. The minimum absolute atomic E-state index is 0.0811. The van der Waals surface area contributed by atoms with Gasteiger partial charge in [-0.15, -0.1) is 0 Å². The second-order valence-electron chi connectivity index (χ2n) is 5.53. The van der Waals surface area contributed by atoms with E-state index in [1.807, 2.05) is 12.1 Å². The van der Waals surface area contributed by atoms with E-state index in [1.165, 1.54) is 20.3 Å². The Morgan fingerprint density at radius 1 is 0.741 bits per heavy atom. The van der Waals surface area contributed by atoms with Crippen molar-refractivity contribution in [3.05, 3.63) is 41.5 Å².